The normalized spacial score (nSPS) is 13.5. The Balaban J connectivity index is 1.58. The topological polar surface area (TPSA) is 118 Å². The number of halogens is 1. The van der Waals surface area contributed by atoms with E-state index in [1.54, 1.807) is 24.0 Å². The van der Waals surface area contributed by atoms with Gasteiger partial charge in [0.2, 0.25) is 11.6 Å². The predicted octanol–water partition coefficient (Wildman–Crippen LogP) is 3.92. The lowest BCUT2D eigenvalue weighted by Gasteiger charge is -2.36. The van der Waals surface area contributed by atoms with Gasteiger partial charge in [0.25, 0.3) is 0 Å². The molecular formula is C24H27ClN6O5. The van der Waals surface area contributed by atoms with Gasteiger partial charge in [0, 0.05) is 43.4 Å². The number of benzene rings is 1. The van der Waals surface area contributed by atoms with E-state index < -0.39 is 10.9 Å². The molecule has 190 valence electrons. The highest BCUT2D eigenvalue weighted by molar-refractivity contribution is 6.30. The van der Waals surface area contributed by atoms with E-state index in [2.05, 4.69) is 14.9 Å². The molecule has 11 nitrogen and oxygen atoms in total. The number of nitrogens with zero attached hydrogens (tertiary/aromatic N) is 6. The molecule has 36 heavy (non-hydrogen) atoms. The van der Waals surface area contributed by atoms with Gasteiger partial charge in [-0.15, -0.1) is 0 Å². The first-order valence-electron chi connectivity index (χ1n) is 11.6. The van der Waals surface area contributed by atoms with E-state index in [1.165, 1.54) is 12.6 Å². The van der Waals surface area contributed by atoms with Gasteiger partial charge in [-0.05, 0) is 37.3 Å². The summed E-state index contributed by atoms with van der Waals surface area (Å²) in [7, 11) is 0. The van der Waals surface area contributed by atoms with Crippen LogP contribution in [0.3, 0.4) is 0 Å². The maximum Gasteiger partial charge on any atom is 0.353 e. The maximum absolute atomic E-state index is 12.3. The summed E-state index contributed by atoms with van der Waals surface area (Å²) in [5.41, 5.74) is 0.799. The Morgan fingerprint density at radius 3 is 2.64 bits per heavy atom. The number of rotatable bonds is 10. The molecule has 0 amide bonds. The van der Waals surface area contributed by atoms with Crippen molar-refractivity contribution in [3.8, 4) is 0 Å². The third kappa shape index (κ3) is 6.03. The number of hydrogen-bond donors (Lipinski definition) is 0. The summed E-state index contributed by atoms with van der Waals surface area (Å²) in [6, 6.07) is 11.1. The first kappa shape index (κ1) is 25.2. The van der Waals surface area contributed by atoms with Gasteiger partial charge in [-0.1, -0.05) is 17.7 Å². The molecule has 3 aromatic rings. The highest BCUT2D eigenvalue weighted by atomic mass is 35.5. The molecule has 12 heteroatoms. The van der Waals surface area contributed by atoms with Crippen molar-refractivity contribution in [1.29, 1.82) is 0 Å². The van der Waals surface area contributed by atoms with Gasteiger partial charge >= 0.3 is 11.7 Å². The standard InChI is InChI=1S/C24H27ClN6O5/c1-2-35-21(32)8-9-30(16-20-7-4-14-36-20)24-22(31(33)34)23(26-17-27-24)29-12-10-28(11-13-29)19-6-3-5-18(25)15-19/h3-7,14-15,17H,2,8-13,16H2,1H3. The number of carbonyl (C=O) groups is 1. The smallest absolute Gasteiger partial charge is 0.353 e. The quantitative estimate of drug-likeness (QED) is 0.224. The van der Waals surface area contributed by atoms with Crippen LogP contribution in [0.2, 0.25) is 5.02 Å². The molecular weight excluding hydrogens is 488 g/mol. The summed E-state index contributed by atoms with van der Waals surface area (Å²) >= 11 is 6.14. The van der Waals surface area contributed by atoms with E-state index in [-0.39, 0.29) is 43.4 Å². The van der Waals surface area contributed by atoms with Crippen LogP contribution in [-0.2, 0) is 16.1 Å². The Bertz CT molecular complexity index is 1180. The third-order valence-electron chi connectivity index (χ3n) is 5.84. The van der Waals surface area contributed by atoms with Crippen molar-refractivity contribution in [3.63, 3.8) is 0 Å². The lowest BCUT2D eigenvalue weighted by atomic mass is 10.2. The van der Waals surface area contributed by atoms with Crippen molar-refractivity contribution in [3.05, 3.63) is 69.9 Å². The van der Waals surface area contributed by atoms with Crippen molar-refractivity contribution in [2.45, 2.75) is 19.9 Å². The zero-order valence-electron chi connectivity index (χ0n) is 19.9. The van der Waals surface area contributed by atoms with Crippen LogP contribution in [0.4, 0.5) is 23.0 Å². The molecule has 1 aliphatic heterocycles. The van der Waals surface area contributed by atoms with Crippen LogP contribution < -0.4 is 14.7 Å². The molecule has 0 radical (unpaired) electrons. The fourth-order valence-electron chi connectivity index (χ4n) is 4.15. The maximum atomic E-state index is 12.3. The van der Waals surface area contributed by atoms with Gasteiger partial charge in [-0.2, -0.15) is 0 Å². The molecule has 3 heterocycles. The Labute approximate surface area is 213 Å². The number of nitro groups is 1. The van der Waals surface area contributed by atoms with Crippen molar-refractivity contribution in [2.75, 3.05) is 54.0 Å². The summed E-state index contributed by atoms with van der Waals surface area (Å²) in [4.78, 5) is 38.1. The minimum Gasteiger partial charge on any atom is -0.467 e. The molecule has 0 atom stereocenters. The fraction of sp³-hybridized carbons (Fsp3) is 0.375. The van der Waals surface area contributed by atoms with Gasteiger partial charge in [-0.3, -0.25) is 14.9 Å². The van der Waals surface area contributed by atoms with Gasteiger partial charge < -0.3 is 23.9 Å². The number of anilines is 3. The van der Waals surface area contributed by atoms with Crippen molar-refractivity contribution < 1.29 is 18.9 Å². The van der Waals surface area contributed by atoms with E-state index in [1.807, 2.05) is 29.2 Å². The Kier molecular flexibility index (Phi) is 8.21. The number of ether oxygens (including phenoxy) is 1. The van der Waals surface area contributed by atoms with Crippen LogP contribution in [0.1, 0.15) is 19.1 Å². The number of hydrogen-bond acceptors (Lipinski definition) is 10. The second kappa shape index (κ2) is 11.7. The lowest BCUT2D eigenvalue weighted by Crippen LogP contribution is -2.47. The Morgan fingerprint density at radius 1 is 1.19 bits per heavy atom. The van der Waals surface area contributed by atoms with E-state index in [4.69, 9.17) is 20.8 Å². The van der Waals surface area contributed by atoms with Gasteiger partial charge in [0.05, 0.1) is 30.8 Å². The minimum atomic E-state index is -0.465. The van der Waals surface area contributed by atoms with E-state index in [0.29, 0.717) is 37.0 Å². The highest BCUT2D eigenvalue weighted by Gasteiger charge is 2.32. The van der Waals surface area contributed by atoms with Crippen molar-refractivity contribution in [2.24, 2.45) is 0 Å². The zero-order valence-corrected chi connectivity index (χ0v) is 20.6. The second-order valence-electron chi connectivity index (χ2n) is 8.14. The first-order valence-corrected chi connectivity index (χ1v) is 12.0. The summed E-state index contributed by atoms with van der Waals surface area (Å²) in [6.45, 7) is 4.72. The van der Waals surface area contributed by atoms with Crippen molar-refractivity contribution >= 4 is 40.6 Å². The molecule has 4 rings (SSSR count). The number of piperazine rings is 1. The first-order chi connectivity index (χ1) is 17.5. The largest absolute Gasteiger partial charge is 0.467 e. The SMILES string of the molecule is CCOC(=O)CCN(Cc1ccco1)c1ncnc(N2CCN(c3cccc(Cl)c3)CC2)c1[N+](=O)[O-]. The predicted molar refractivity (Wildman–Crippen MR) is 136 cm³/mol. The molecule has 1 aliphatic rings. The number of aromatic nitrogens is 2. The van der Waals surface area contributed by atoms with E-state index in [0.717, 1.165) is 5.69 Å². The third-order valence-corrected chi connectivity index (χ3v) is 6.07. The van der Waals surface area contributed by atoms with Gasteiger partial charge in [-0.25, -0.2) is 9.97 Å². The van der Waals surface area contributed by atoms with Crippen LogP contribution >= 0.6 is 11.6 Å². The molecule has 0 aliphatic carbocycles. The van der Waals surface area contributed by atoms with Crippen LogP contribution in [0.25, 0.3) is 0 Å². The number of furan rings is 1. The van der Waals surface area contributed by atoms with Gasteiger partial charge in [0.15, 0.2) is 0 Å². The summed E-state index contributed by atoms with van der Waals surface area (Å²) in [5, 5.41) is 12.9. The molecule has 0 saturated carbocycles. The molecule has 0 N–H and O–H groups in total. The number of esters is 1. The molecule has 2 aromatic heterocycles. The monoisotopic (exact) mass is 514 g/mol. The summed E-state index contributed by atoms with van der Waals surface area (Å²) in [5.74, 6) is 0.568. The van der Waals surface area contributed by atoms with Crippen LogP contribution in [0.15, 0.2) is 53.4 Å². The average Bonchev–Trinajstić information content (AvgIpc) is 3.39. The number of carbonyl (C=O) groups excluding carboxylic acids is 1. The second-order valence-corrected chi connectivity index (χ2v) is 8.57. The van der Waals surface area contributed by atoms with E-state index in [9.17, 15) is 14.9 Å². The lowest BCUT2D eigenvalue weighted by molar-refractivity contribution is -0.383. The van der Waals surface area contributed by atoms with Crippen LogP contribution in [-0.4, -0.2) is 60.2 Å². The van der Waals surface area contributed by atoms with E-state index >= 15 is 0 Å². The summed E-state index contributed by atoms with van der Waals surface area (Å²) in [6.07, 6.45) is 2.89. The van der Waals surface area contributed by atoms with Gasteiger partial charge in [0.1, 0.15) is 12.1 Å². The molecule has 0 unspecified atom stereocenters. The zero-order chi connectivity index (χ0) is 25.5. The average molecular weight is 515 g/mol. The summed E-state index contributed by atoms with van der Waals surface area (Å²) < 4.78 is 10.5. The minimum absolute atomic E-state index is 0.0450. The van der Waals surface area contributed by atoms with Crippen LogP contribution in [0, 0.1) is 10.1 Å². The molecule has 1 fully saturated rings. The molecule has 1 aromatic carbocycles. The molecule has 1 saturated heterocycles. The molecule has 0 bridgehead atoms. The molecule has 0 spiro atoms. The Morgan fingerprint density at radius 2 is 1.97 bits per heavy atom. The van der Waals surface area contributed by atoms with Crippen LogP contribution in [0.5, 0.6) is 0 Å². The Hall–Kier alpha value is -3.86. The van der Waals surface area contributed by atoms with Crippen molar-refractivity contribution in [1.82, 2.24) is 9.97 Å². The fourth-order valence-corrected chi connectivity index (χ4v) is 4.33. The highest BCUT2D eigenvalue weighted by Crippen LogP contribution is 2.36.